The van der Waals surface area contributed by atoms with Gasteiger partial charge < -0.3 is 15.0 Å². The summed E-state index contributed by atoms with van der Waals surface area (Å²) in [6.07, 6.45) is 4.11. The second-order valence-corrected chi connectivity index (χ2v) is 2.55. The predicted molar refractivity (Wildman–Crippen MR) is 47.6 cm³/mol. The maximum Gasteiger partial charge on any atom is 0.0587 e. The second kappa shape index (κ2) is 7.57. The number of nitrogens with zero attached hydrogens (tertiary/aromatic N) is 1. The van der Waals surface area contributed by atoms with Gasteiger partial charge in [0, 0.05) is 34.3 Å². The van der Waals surface area contributed by atoms with Crippen molar-refractivity contribution in [2.24, 2.45) is 0 Å². The SMILES string of the molecule is COCCNC/C=C/N(C)C. The van der Waals surface area contributed by atoms with E-state index in [0.29, 0.717) is 0 Å². The molecule has 0 unspecified atom stereocenters. The normalized spacial score (nSPS) is 10.8. The monoisotopic (exact) mass is 158 g/mol. The molecule has 0 saturated carbocycles. The summed E-state index contributed by atoms with van der Waals surface area (Å²) in [5, 5.41) is 3.20. The fourth-order valence-corrected chi connectivity index (χ4v) is 0.623. The lowest BCUT2D eigenvalue weighted by atomic mass is 10.5. The largest absolute Gasteiger partial charge is 0.384 e. The summed E-state index contributed by atoms with van der Waals surface area (Å²) >= 11 is 0. The fraction of sp³-hybridized carbons (Fsp3) is 0.750. The highest BCUT2D eigenvalue weighted by Crippen LogP contribution is 1.75. The Balaban J connectivity index is 3.01. The van der Waals surface area contributed by atoms with Gasteiger partial charge in [0.1, 0.15) is 0 Å². The van der Waals surface area contributed by atoms with Crippen LogP contribution in [0.3, 0.4) is 0 Å². The highest BCUT2D eigenvalue weighted by atomic mass is 16.5. The molecule has 66 valence electrons. The van der Waals surface area contributed by atoms with Crippen LogP contribution in [-0.4, -0.2) is 45.8 Å². The van der Waals surface area contributed by atoms with Crippen molar-refractivity contribution < 1.29 is 4.74 Å². The average molecular weight is 158 g/mol. The first-order valence-electron chi connectivity index (χ1n) is 3.80. The number of hydrogen-bond donors (Lipinski definition) is 1. The minimum atomic E-state index is 0.774. The van der Waals surface area contributed by atoms with Crippen molar-refractivity contribution in [1.29, 1.82) is 0 Å². The minimum Gasteiger partial charge on any atom is -0.384 e. The van der Waals surface area contributed by atoms with E-state index < -0.39 is 0 Å². The first kappa shape index (κ1) is 10.5. The van der Waals surface area contributed by atoms with Gasteiger partial charge in [0.15, 0.2) is 0 Å². The maximum atomic E-state index is 4.87. The zero-order valence-corrected chi connectivity index (χ0v) is 7.63. The molecule has 0 saturated heterocycles. The van der Waals surface area contributed by atoms with Crippen LogP contribution in [0.1, 0.15) is 0 Å². The highest BCUT2D eigenvalue weighted by Gasteiger charge is 1.81. The fourth-order valence-electron chi connectivity index (χ4n) is 0.623. The molecule has 3 heteroatoms. The Bertz CT molecular complexity index is 102. The molecule has 0 aromatic rings. The van der Waals surface area contributed by atoms with Crippen LogP contribution >= 0.6 is 0 Å². The highest BCUT2D eigenvalue weighted by molar-refractivity contribution is 4.81. The molecule has 0 heterocycles. The van der Waals surface area contributed by atoms with Crippen LogP contribution in [0.2, 0.25) is 0 Å². The van der Waals surface area contributed by atoms with Gasteiger partial charge >= 0.3 is 0 Å². The van der Waals surface area contributed by atoms with Crippen molar-refractivity contribution in [3.8, 4) is 0 Å². The van der Waals surface area contributed by atoms with Crippen molar-refractivity contribution in [1.82, 2.24) is 10.2 Å². The molecular weight excluding hydrogens is 140 g/mol. The van der Waals surface area contributed by atoms with Gasteiger partial charge in [-0.25, -0.2) is 0 Å². The van der Waals surface area contributed by atoms with E-state index in [2.05, 4.69) is 11.4 Å². The molecule has 0 atom stereocenters. The van der Waals surface area contributed by atoms with E-state index in [4.69, 9.17) is 4.74 Å². The van der Waals surface area contributed by atoms with Crippen LogP contribution in [0.15, 0.2) is 12.3 Å². The molecule has 3 nitrogen and oxygen atoms in total. The van der Waals surface area contributed by atoms with Crippen LogP contribution in [0.25, 0.3) is 0 Å². The third-order valence-electron chi connectivity index (χ3n) is 1.15. The lowest BCUT2D eigenvalue weighted by molar-refractivity contribution is 0.200. The first-order valence-corrected chi connectivity index (χ1v) is 3.80. The van der Waals surface area contributed by atoms with Crippen molar-refractivity contribution in [3.63, 3.8) is 0 Å². The van der Waals surface area contributed by atoms with Gasteiger partial charge in [-0.1, -0.05) is 6.08 Å². The lowest BCUT2D eigenvalue weighted by Crippen LogP contribution is -2.19. The minimum absolute atomic E-state index is 0.774. The van der Waals surface area contributed by atoms with E-state index in [0.717, 1.165) is 19.7 Å². The van der Waals surface area contributed by atoms with E-state index >= 15 is 0 Å². The number of ether oxygens (including phenoxy) is 1. The van der Waals surface area contributed by atoms with Crippen molar-refractivity contribution in [3.05, 3.63) is 12.3 Å². The molecule has 0 radical (unpaired) electrons. The third kappa shape index (κ3) is 9.46. The second-order valence-electron chi connectivity index (χ2n) is 2.55. The summed E-state index contributed by atoms with van der Waals surface area (Å²) in [5.41, 5.74) is 0. The summed E-state index contributed by atoms with van der Waals surface area (Å²) in [6, 6.07) is 0. The standard InChI is InChI=1S/C8H18N2O/c1-10(2)7-4-5-9-6-8-11-3/h4,7,9H,5-6,8H2,1-3H3/b7-4+. The molecule has 0 rings (SSSR count). The summed E-state index contributed by atoms with van der Waals surface area (Å²) in [5.74, 6) is 0. The van der Waals surface area contributed by atoms with Gasteiger partial charge in [0.05, 0.1) is 6.61 Å². The van der Waals surface area contributed by atoms with Gasteiger partial charge in [-0.2, -0.15) is 0 Å². The number of rotatable bonds is 6. The van der Waals surface area contributed by atoms with Crippen molar-refractivity contribution in [2.45, 2.75) is 0 Å². The van der Waals surface area contributed by atoms with Crippen LogP contribution < -0.4 is 5.32 Å². The Kier molecular flexibility index (Phi) is 7.19. The predicted octanol–water partition coefficient (Wildman–Crippen LogP) is 0.298. The zero-order chi connectivity index (χ0) is 8.53. The lowest BCUT2D eigenvalue weighted by Gasteiger charge is -2.03. The van der Waals surface area contributed by atoms with Gasteiger partial charge in [0.25, 0.3) is 0 Å². The van der Waals surface area contributed by atoms with Gasteiger partial charge in [-0.3, -0.25) is 0 Å². The summed E-state index contributed by atoms with van der Waals surface area (Å²) in [6.45, 7) is 2.59. The molecule has 0 aromatic carbocycles. The Morgan fingerprint density at radius 2 is 2.18 bits per heavy atom. The Morgan fingerprint density at radius 1 is 1.45 bits per heavy atom. The van der Waals surface area contributed by atoms with Crippen molar-refractivity contribution in [2.75, 3.05) is 40.9 Å². The molecule has 0 bridgehead atoms. The molecule has 0 aliphatic carbocycles. The Morgan fingerprint density at radius 3 is 2.73 bits per heavy atom. The quantitative estimate of drug-likeness (QED) is 0.563. The first-order chi connectivity index (χ1) is 5.27. The summed E-state index contributed by atoms with van der Waals surface area (Å²) in [7, 11) is 5.72. The van der Waals surface area contributed by atoms with Crippen LogP contribution in [0.4, 0.5) is 0 Å². The maximum absolute atomic E-state index is 4.87. The van der Waals surface area contributed by atoms with Crippen LogP contribution in [0.5, 0.6) is 0 Å². The van der Waals surface area contributed by atoms with E-state index in [1.165, 1.54) is 0 Å². The van der Waals surface area contributed by atoms with E-state index in [9.17, 15) is 0 Å². The molecule has 1 N–H and O–H groups in total. The Labute approximate surface area is 69.0 Å². The van der Waals surface area contributed by atoms with Crippen LogP contribution in [-0.2, 0) is 4.74 Å². The van der Waals surface area contributed by atoms with Crippen molar-refractivity contribution >= 4 is 0 Å². The molecular formula is C8H18N2O. The average Bonchev–Trinajstić information content (AvgIpc) is 1.96. The number of methoxy groups -OCH3 is 1. The molecule has 0 aliphatic heterocycles. The van der Waals surface area contributed by atoms with E-state index in [1.54, 1.807) is 7.11 Å². The number of hydrogen-bond acceptors (Lipinski definition) is 3. The van der Waals surface area contributed by atoms with Crippen LogP contribution in [0, 0.1) is 0 Å². The third-order valence-corrected chi connectivity index (χ3v) is 1.15. The number of nitrogens with one attached hydrogen (secondary N) is 1. The molecule has 0 fully saturated rings. The zero-order valence-electron chi connectivity index (χ0n) is 7.63. The van der Waals surface area contributed by atoms with Gasteiger partial charge in [0.2, 0.25) is 0 Å². The van der Waals surface area contributed by atoms with E-state index in [-0.39, 0.29) is 0 Å². The smallest absolute Gasteiger partial charge is 0.0587 e. The molecule has 0 aliphatic rings. The molecule has 0 amide bonds. The van der Waals surface area contributed by atoms with E-state index in [1.807, 2.05) is 25.2 Å². The molecule has 0 spiro atoms. The molecule has 0 aromatic heterocycles. The summed E-state index contributed by atoms with van der Waals surface area (Å²) < 4.78 is 4.87. The van der Waals surface area contributed by atoms with Gasteiger partial charge in [-0.05, 0) is 6.20 Å². The van der Waals surface area contributed by atoms with Gasteiger partial charge in [-0.15, -0.1) is 0 Å². The molecule has 11 heavy (non-hydrogen) atoms. The Hall–Kier alpha value is -0.540. The summed E-state index contributed by atoms with van der Waals surface area (Å²) in [4.78, 5) is 2.01. The topological polar surface area (TPSA) is 24.5 Å².